The smallest absolute Gasteiger partial charge is 0.347 e. The maximum Gasteiger partial charge on any atom is 0.347 e. The molecule has 0 radical (unpaired) electrons. The molecule has 0 fully saturated rings. The Balaban J connectivity index is 1.63. The number of benzene rings is 3. The first-order valence-electron chi connectivity index (χ1n) is 14.2. The summed E-state index contributed by atoms with van der Waals surface area (Å²) in [6.45, 7) is 9.66. The summed E-state index contributed by atoms with van der Waals surface area (Å²) >= 11 is 0. The van der Waals surface area contributed by atoms with Gasteiger partial charge in [-0.25, -0.2) is 9.78 Å². The second-order valence-electron chi connectivity index (χ2n) is 9.74. The van der Waals surface area contributed by atoms with Gasteiger partial charge in [0.15, 0.2) is 23.4 Å². The zero-order valence-corrected chi connectivity index (χ0v) is 25.0. The number of aromatic nitrogens is 2. The van der Waals surface area contributed by atoms with Crippen molar-refractivity contribution in [3.05, 3.63) is 94.8 Å². The Labute approximate surface area is 254 Å². The normalized spacial score (nSPS) is 12.0. The number of nitrogens with zero attached hydrogens (tertiary/aromatic N) is 3. The number of carbonyl (C=O) groups excluding carboxylic acids is 1. The molecule has 5 rings (SSSR count). The maximum absolute atomic E-state index is 13.8. The van der Waals surface area contributed by atoms with Crippen molar-refractivity contribution < 1.29 is 28.2 Å². The molecule has 3 aromatic carbocycles. The van der Waals surface area contributed by atoms with Crippen LogP contribution in [0.15, 0.2) is 87.6 Å². The molecule has 0 aliphatic carbocycles. The molecule has 10 nitrogen and oxygen atoms in total. The van der Waals surface area contributed by atoms with Gasteiger partial charge in [-0.1, -0.05) is 24.3 Å². The lowest BCUT2D eigenvalue weighted by molar-refractivity contribution is -0.150. The van der Waals surface area contributed by atoms with Crippen LogP contribution in [0.25, 0.3) is 33.5 Å². The van der Waals surface area contributed by atoms with Gasteiger partial charge < -0.3 is 23.4 Å². The molecule has 0 amide bonds. The van der Waals surface area contributed by atoms with Crippen molar-refractivity contribution in [1.29, 1.82) is 0 Å². The molecule has 0 aliphatic rings. The van der Waals surface area contributed by atoms with E-state index >= 15 is 0 Å². The third-order valence-electron chi connectivity index (χ3n) is 6.77. The Morgan fingerprint density at radius 3 is 2.64 bits per heavy atom. The van der Waals surface area contributed by atoms with Crippen LogP contribution in [0.1, 0.15) is 31.9 Å². The molecule has 0 aliphatic heterocycles. The van der Waals surface area contributed by atoms with E-state index < -0.39 is 12.1 Å². The summed E-state index contributed by atoms with van der Waals surface area (Å²) in [5.41, 5.74) is 2.07. The van der Waals surface area contributed by atoms with Crippen LogP contribution in [-0.2, 0) is 16.0 Å². The van der Waals surface area contributed by atoms with Gasteiger partial charge >= 0.3 is 5.97 Å². The van der Waals surface area contributed by atoms with Gasteiger partial charge in [0.1, 0.15) is 11.3 Å². The van der Waals surface area contributed by atoms with Crippen LogP contribution in [0.4, 0.5) is 0 Å². The number of rotatable bonds is 12. The number of para-hydroxylation sites is 1. The fraction of sp³-hybridized carbons (Fsp3) is 0.235. The number of methoxy groups -OCH3 is 1. The highest BCUT2D eigenvalue weighted by Crippen LogP contribution is 2.35. The third-order valence-corrected chi connectivity index (χ3v) is 6.77. The highest BCUT2D eigenvalue weighted by molar-refractivity contribution is 5.89. The summed E-state index contributed by atoms with van der Waals surface area (Å²) in [6, 6.07) is 17.9. The first kappa shape index (κ1) is 30.1. The highest BCUT2D eigenvalue weighted by Gasteiger charge is 2.22. The molecule has 0 bridgehead atoms. The molecule has 10 heteroatoms. The minimum atomic E-state index is -0.857. The zero-order chi connectivity index (χ0) is 31.2. The van der Waals surface area contributed by atoms with Gasteiger partial charge in [0.2, 0.25) is 5.82 Å². The molecule has 0 spiro atoms. The van der Waals surface area contributed by atoms with Crippen LogP contribution in [-0.4, -0.2) is 48.3 Å². The molecule has 226 valence electrons. The highest BCUT2D eigenvalue weighted by atomic mass is 16.6. The lowest BCUT2D eigenvalue weighted by Crippen LogP contribution is -2.26. The van der Waals surface area contributed by atoms with E-state index in [1.54, 1.807) is 57.4 Å². The van der Waals surface area contributed by atoms with Gasteiger partial charge in [-0.15, -0.1) is 6.58 Å². The minimum Gasteiger partial charge on any atom is -0.496 e. The number of esters is 1. The van der Waals surface area contributed by atoms with Crippen molar-refractivity contribution in [3.63, 3.8) is 0 Å². The molecule has 2 heterocycles. The van der Waals surface area contributed by atoms with E-state index in [9.17, 15) is 9.59 Å². The standard InChI is InChI=1S/C34H33N3O7/c1-6-12-23-17-22(18-29(41-7-2)31(23)43-21(4)34(39)42-8-3)20-35-37-32(36-26-14-10-9-13-24(26)33(37)38)30-19-25-27(40-5)15-11-16-28(25)44-30/h6,9-11,13-21H,1,7-8,12H2,2-5H3/t21-/m0/s1. The van der Waals surface area contributed by atoms with Crippen LogP contribution in [0, 0.1) is 0 Å². The van der Waals surface area contributed by atoms with E-state index in [0.717, 1.165) is 10.9 Å². The Morgan fingerprint density at radius 1 is 1.07 bits per heavy atom. The third kappa shape index (κ3) is 6.05. The second-order valence-corrected chi connectivity index (χ2v) is 9.74. The predicted octanol–water partition coefficient (Wildman–Crippen LogP) is 6.16. The van der Waals surface area contributed by atoms with Crippen molar-refractivity contribution in [1.82, 2.24) is 9.66 Å². The fourth-order valence-corrected chi connectivity index (χ4v) is 4.78. The van der Waals surface area contributed by atoms with E-state index in [-0.39, 0.29) is 18.0 Å². The molecule has 1 atom stereocenters. The summed E-state index contributed by atoms with van der Waals surface area (Å²) in [5, 5.41) is 5.74. The van der Waals surface area contributed by atoms with Gasteiger partial charge in [-0.3, -0.25) is 4.79 Å². The summed E-state index contributed by atoms with van der Waals surface area (Å²) in [7, 11) is 1.58. The van der Waals surface area contributed by atoms with E-state index in [2.05, 4.69) is 11.7 Å². The average Bonchev–Trinajstić information content (AvgIpc) is 3.47. The van der Waals surface area contributed by atoms with Gasteiger partial charge in [-0.2, -0.15) is 9.78 Å². The number of furan rings is 1. The van der Waals surface area contributed by atoms with Gasteiger partial charge in [-0.05, 0) is 75.2 Å². The number of hydrogen-bond donors (Lipinski definition) is 0. The van der Waals surface area contributed by atoms with Crippen molar-refractivity contribution in [2.24, 2.45) is 5.10 Å². The van der Waals surface area contributed by atoms with Crippen LogP contribution in [0.5, 0.6) is 17.2 Å². The fourth-order valence-electron chi connectivity index (χ4n) is 4.78. The second kappa shape index (κ2) is 13.3. The molecule has 0 saturated carbocycles. The Bertz CT molecular complexity index is 1920. The molecule has 5 aromatic rings. The summed E-state index contributed by atoms with van der Waals surface area (Å²) < 4.78 is 29.9. The van der Waals surface area contributed by atoms with Gasteiger partial charge in [0, 0.05) is 5.56 Å². The SMILES string of the molecule is C=CCc1cc(C=Nn2c(-c3cc4c(OC)cccc4o3)nc3ccccc3c2=O)cc(OCC)c1O[C@@H](C)C(=O)OCC. The number of ether oxygens (including phenoxy) is 4. The molecule has 0 saturated heterocycles. The largest absolute Gasteiger partial charge is 0.496 e. The summed E-state index contributed by atoms with van der Waals surface area (Å²) in [4.78, 5) is 30.8. The van der Waals surface area contributed by atoms with Crippen LogP contribution in [0.3, 0.4) is 0 Å². The molecular formula is C34H33N3O7. The van der Waals surface area contributed by atoms with Gasteiger partial charge in [0.05, 0.1) is 42.8 Å². The van der Waals surface area contributed by atoms with Crippen molar-refractivity contribution in [2.45, 2.75) is 33.3 Å². The van der Waals surface area contributed by atoms with Crippen LogP contribution < -0.4 is 19.8 Å². The maximum atomic E-state index is 13.8. The Morgan fingerprint density at radius 2 is 1.89 bits per heavy atom. The first-order valence-corrected chi connectivity index (χ1v) is 14.2. The quantitative estimate of drug-likeness (QED) is 0.0958. The lowest BCUT2D eigenvalue weighted by Gasteiger charge is -2.20. The predicted molar refractivity (Wildman–Crippen MR) is 169 cm³/mol. The Kier molecular flexibility index (Phi) is 9.09. The Hall–Kier alpha value is -5.38. The van der Waals surface area contributed by atoms with Crippen molar-refractivity contribution in [2.75, 3.05) is 20.3 Å². The number of carbonyl (C=O) groups is 1. The topological polar surface area (TPSA) is 114 Å². The molecule has 0 N–H and O–H groups in total. The molecular weight excluding hydrogens is 562 g/mol. The molecule has 2 aromatic heterocycles. The monoisotopic (exact) mass is 595 g/mol. The summed E-state index contributed by atoms with van der Waals surface area (Å²) in [5.74, 6) is 1.55. The first-order chi connectivity index (χ1) is 21.4. The van der Waals surface area contributed by atoms with Crippen LogP contribution >= 0.6 is 0 Å². The van der Waals surface area contributed by atoms with Gasteiger partial charge in [0.25, 0.3) is 5.56 Å². The van der Waals surface area contributed by atoms with Crippen molar-refractivity contribution >= 4 is 34.1 Å². The molecule has 44 heavy (non-hydrogen) atoms. The lowest BCUT2D eigenvalue weighted by atomic mass is 10.1. The summed E-state index contributed by atoms with van der Waals surface area (Å²) in [6.07, 6.45) is 2.83. The molecule has 0 unspecified atom stereocenters. The average molecular weight is 596 g/mol. The minimum absolute atomic E-state index is 0.225. The zero-order valence-electron chi connectivity index (χ0n) is 25.0. The number of allylic oxidation sites excluding steroid dienone is 1. The number of fused-ring (bicyclic) bond motifs is 2. The van der Waals surface area contributed by atoms with E-state index in [4.69, 9.17) is 28.3 Å². The van der Waals surface area contributed by atoms with Crippen molar-refractivity contribution in [3.8, 4) is 28.8 Å². The van der Waals surface area contributed by atoms with E-state index in [0.29, 0.717) is 58.1 Å². The van der Waals surface area contributed by atoms with E-state index in [1.165, 1.54) is 10.9 Å². The number of hydrogen-bond acceptors (Lipinski definition) is 9. The van der Waals surface area contributed by atoms with E-state index in [1.807, 2.05) is 37.3 Å². The van der Waals surface area contributed by atoms with Crippen LogP contribution in [0.2, 0.25) is 0 Å².